The van der Waals surface area contributed by atoms with Gasteiger partial charge in [0.1, 0.15) is 12.4 Å². The van der Waals surface area contributed by atoms with Gasteiger partial charge in [-0.15, -0.1) is 0 Å². The van der Waals surface area contributed by atoms with Crippen molar-refractivity contribution >= 4 is 20.5 Å². The molecule has 0 unspecified atom stereocenters. The van der Waals surface area contributed by atoms with Gasteiger partial charge in [0.15, 0.2) is 8.32 Å². The van der Waals surface area contributed by atoms with Crippen molar-refractivity contribution in [3.63, 3.8) is 0 Å². The number of carbonyl (C=O) groups is 1. The lowest BCUT2D eigenvalue weighted by atomic mass is 10.2. The Morgan fingerprint density at radius 1 is 1.21 bits per heavy atom. The molecule has 7 heteroatoms. The van der Waals surface area contributed by atoms with Crippen LogP contribution in [0.25, 0.3) is 6.08 Å². The Morgan fingerprint density at radius 2 is 1.91 bits per heavy atom. The summed E-state index contributed by atoms with van der Waals surface area (Å²) in [6.45, 7) is 12.2. The number of aryl methyl sites for hydroxylation is 1. The number of aromatic nitrogens is 2. The molecule has 180 valence electrons. The van der Waals surface area contributed by atoms with E-state index in [0.29, 0.717) is 6.54 Å². The molecule has 0 spiro atoms. The Kier molecular flexibility index (Phi) is 8.18. The van der Waals surface area contributed by atoms with Crippen molar-refractivity contribution in [2.75, 3.05) is 6.54 Å². The minimum absolute atomic E-state index is 0.0103. The fourth-order valence-electron chi connectivity index (χ4n) is 4.81. The van der Waals surface area contributed by atoms with Crippen molar-refractivity contribution in [1.82, 2.24) is 14.5 Å². The molecule has 1 saturated heterocycles. The molecule has 1 fully saturated rings. The van der Waals surface area contributed by atoms with Gasteiger partial charge in [-0.1, -0.05) is 71.0 Å². The summed E-state index contributed by atoms with van der Waals surface area (Å²) in [6.07, 6.45) is 8.22. The molecule has 33 heavy (non-hydrogen) atoms. The lowest BCUT2D eigenvalue weighted by molar-refractivity contribution is 0.0925. The molecule has 2 heterocycles. The first-order valence-electron chi connectivity index (χ1n) is 12.0. The van der Waals surface area contributed by atoms with Crippen LogP contribution in [0.5, 0.6) is 0 Å². The summed E-state index contributed by atoms with van der Waals surface area (Å²) in [7, 11) is -0.0163. The topological polar surface area (TPSA) is 56.6 Å². The molecule has 3 rings (SSSR count). The summed E-state index contributed by atoms with van der Waals surface area (Å²) in [4.78, 5) is 19.3. The maximum atomic E-state index is 13.1. The molecular weight excluding hydrogens is 430 g/mol. The first kappa shape index (κ1) is 25.2. The number of hydrogen-bond donors (Lipinski definition) is 0. The van der Waals surface area contributed by atoms with E-state index in [2.05, 4.69) is 45.7 Å². The van der Waals surface area contributed by atoms with Crippen molar-refractivity contribution < 1.29 is 14.0 Å². The maximum absolute atomic E-state index is 13.1. The Bertz CT molecular complexity index is 932. The average molecular weight is 470 g/mol. The molecule has 1 aromatic heterocycles. The molecule has 2 aromatic rings. The third kappa shape index (κ3) is 5.95. The van der Waals surface area contributed by atoms with Gasteiger partial charge in [-0.2, -0.15) is 0 Å². The van der Waals surface area contributed by atoms with E-state index in [0.717, 1.165) is 29.9 Å². The molecule has 0 aliphatic carbocycles. The zero-order chi connectivity index (χ0) is 24.1. The van der Waals surface area contributed by atoms with Gasteiger partial charge < -0.3 is 13.7 Å². The highest BCUT2D eigenvalue weighted by Gasteiger charge is 2.47. The number of imidazole rings is 1. The van der Waals surface area contributed by atoms with Gasteiger partial charge in [-0.3, -0.25) is 4.90 Å². The van der Waals surface area contributed by atoms with E-state index >= 15 is 0 Å². The molecular formula is C26H39N3O3Si. The minimum Gasteiger partial charge on any atom is -0.445 e. The molecule has 0 radical (unpaired) electrons. The van der Waals surface area contributed by atoms with Crippen LogP contribution in [0.2, 0.25) is 17.1 Å². The monoisotopic (exact) mass is 469 g/mol. The van der Waals surface area contributed by atoms with Crippen LogP contribution >= 0.6 is 0 Å². The van der Waals surface area contributed by atoms with E-state index in [4.69, 9.17) is 9.16 Å². The summed E-state index contributed by atoms with van der Waals surface area (Å²) >= 11 is 0. The highest BCUT2D eigenvalue weighted by Crippen LogP contribution is 2.44. The minimum atomic E-state index is -1.98. The van der Waals surface area contributed by atoms with Crippen LogP contribution in [0.4, 0.5) is 4.79 Å². The summed E-state index contributed by atoms with van der Waals surface area (Å²) in [5, 5.41) is 0.135. The molecule has 1 aliphatic rings. The van der Waals surface area contributed by atoms with Crippen molar-refractivity contribution in [3.8, 4) is 0 Å². The standard InChI is InChI=1S/C26H39N3O3Si/c1-7-33(8-2,26(3,4)5)32-23-18-22(14-15-24-27-16-17-28(24)6)29(19-23)25(30)31-20-21-12-10-9-11-13-21/h9-17,22-23H,7-8,18-20H2,1-6H3/t22-,23-/m1/s1. The number of rotatable bonds is 8. The zero-order valence-corrected chi connectivity index (χ0v) is 22.0. The SMILES string of the molecule is CC[Si](CC)(O[C@@H]1C[C@@H](C=Cc2nccn2C)N(C(=O)OCc2ccccc2)C1)C(C)(C)C. The van der Waals surface area contributed by atoms with Gasteiger partial charge in [0.25, 0.3) is 0 Å². The fourth-order valence-corrected chi connectivity index (χ4v) is 8.93. The highest BCUT2D eigenvalue weighted by atomic mass is 28.4. The van der Waals surface area contributed by atoms with Gasteiger partial charge in [0.05, 0.1) is 12.1 Å². The fraction of sp³-hybridized carbons (Fsp3) is 0.538. The van der Waals surface area contributed by atoms with Gasteiger partial charge >= 0.3 is 6.09 Å². The molecule has 6 nitrogen and oxygen atoms in total. The predicted octanol–water partition coefficient (Wildman–Crippen LogP) is 6.02. The number of amides is 1. The van der Waals surface area contributed by atoms with Crippen LogP contribution < -0.4 is 0 Å². The number of likely N-dealkylation sites (tertiary alicyclic amines) is 1. The maximum Gasteiger partial charge on any atom is 0.410 e. The molecule has 1 aliphatic heterocycles. The first-order chi connectivity index (χ1) is 15.7. The first-order valence-corrected chi connectivity index (χ1v) is 14.3. The Balaban J connectivity index is 1.77. The van der Waals surface area contributed by atoms with Gasteiger partial charge in [0.2, 0.25) is 0 Å². The number of ether oxygens (including phenoxy) is 1. The molecule has 1 aromatic carbocycles. The van der Waals surface area contributed by atoms with Crippen LogP contribution in [-0.2, 0) is 22.8 Å². The van der Waals surface area contributed by atoms with E-state index < -0.39 is 8.32 Å². The van der Waals surface area contributed by atoms with Crippen molar-refractivity contribution in [1.29, 1.82) is 0 Å². The molecule has 0 saturated carbocycles. The lowest BCUT2D eigenvalue weighted by Crippen LogP contribution is -2.49. The second-order valence-corrected chi connectivity index (χ2v) is 15.1. The van der Waals surface area contributed by atoms with Crippen molar-refractivity contribution in [2.45, 2.75) is 76.9 Å². The summed E-state index contributed by atoms with van der Waals surface area (Å²) in [5.41, 5.74) is 0.981. The molecule has 0 bridgehead atoms. The Hall–Kier alpha value is -2.38. The summed E-state index contributed by atoms with van der Waals surface area (Å²) in [5.74, 6) is 0.859. The highest BCUT2D eigenvalue weighted by molar-refractivity contribution is 6.76. The summed E-state index contributed by atoms with van der Waals surface area (Å²) in [6, 6.07) is 11.8. The van der Waals surface area contributed by atoms with E-state index in [9.17, 15) is 4.79 Å². The second-order valence-electron chi connectivity index (χ2n) is 9.94. The molecule has 2 atom stereocenters. The average Bonchev–Trinajstić information content (AvgIpc) is 3.39. The van der Waals surface area contributed by atoms with E-state index in [1.54, 1.807) is 6.20 Å². The summed E-state index contributed by atoms with van der Waals surface area (Å²) < 4.78 is 14.6. The van der Waals surface area contributed by atoms with E-state index in [1.165, 1.54) is 0 Å². The largest absolute Gasteiger partial charge is 0.445 e. The van der Waals surface area contributed by atoms with Gasteiger partial charge in [0, 0.05) is 26.0 Å². The van der Waals surface area contributed by atoms with Crippen LogP contribution in [0.1, 0.15) is 52.4 Å². The number of hydrogen-bond acceptors (Lipinski definition) is 4. The Morgan fingerprint density at radius 3 is 2.48 bits per heavy atom. The quantitative estimate of drug-likeness (QED) is 0.444. The predicted molar refractivity (Wildman–Crippen MR) is 135 cm³/mol. The smallest absolute Gasteiger partial charge is 0.410 e. The van der Waals surface area contributed by atoms with Gasteiger partial charge in [-0.05, 0) is 35.2 Å². The van der Waals surface area contributed by atoms with Crippen LogP contribution in [-0.4, -0.2) is 47.6 Å². The van der Waals surface area contributed by atoms with Crippen LogP contribution in [0.15, 0.2) is 48.8 Å². The number of carbonyl (C=O) groups excluding carboxylic acids is 1. The number of nitrogens with zero attached hydrogens (tertiary/aromatic N) is 3. The van der Waals surface area contributed by atoms with Crippen LogP contribution in [0, 0.1) is 0 Å². The zero-order valence-electron chi connectivity index (χ0n) is 21.0. The Labute approximate surface area is 199 Å². The van der Waals surface area contributed by atoms with Gasteiger partial charge in [-0.25, -0.2) is 9.78 Å². The van der Waals surface area contributed by atoms with Crippen LogP contribution in [0.3, 0.4) is 0 Å². The molecule has 1 amide bonds. The number of benzene rings is 1. The molecule has 0 N–H and O–H groups in total. The van der Waals surface area contributed by atoms with E-state index in [-0.39, 0.29) is 29.9 Å². The lowest BCUT2D eigenvalue weighted by Gasteiger charge is -2.43. The van der Waals surface area contributed by atoms with Crippen molar-refractivity contribution in [3.05, 3.63) is 60.2 Å². The third-order valence-corrected chi connectivity index (χ3v) is 12.8. The normalized spacial score (nSPS) is 19.4. The van der Waals surface area contributed by atoms with E-state index in [1.807, 2.05) is 59.1 Å². The van der Waals surface area contributed by atoms with Crippen molar-refractivity contribution in [2.24, 2.45) is 7.05 Å². The second kappa shape index (κ2) is 10.7. The third-order valence-electron chi connectivity index (χ3n) is 6.97.